The SMILES string of the molecule is CC(C)CC(CN)c1nc2ccc(F)cc2n1C1CC1. The van der Waals surface area contributed by atoms with Crippen molar-refractivity contribution in [1.82, 2.24) is 9.55 Å². The van der Waals surface area contributed by atoms with Crippen molar-refractivity contribution in [3.05, 3.63) is 29.8 Å². The molecule has 1 aliphatic rings. The lowest BCUT2D eigenvalue weighted by Gasteiger charge is -2.18. The van der Waals surface area contributed by atoms with Crippen LogP contribution in [0.4, 0.5) is 4.39 Å². The molecule has 0 bridgehead atoms. The first-order chi connectivity index (χ1) is 9.60. The van der Waals surface area contributed by atoms with Gasteiger partial charge in [-0.1, -0.05) is 13.8 Å². The van der Waals surface area contributed by atoms with Gasteiger partial charge < -0.3 is 10.3 Å². The van der Waals surface area contributed by atoms with Crippen LogP contribution in [0, 0.1) is 11.7 Å². The van der Waals surface area contributed by atoms with Crippen LogP contribution < -0.4 is 5.73 Å². The van der Waals surface area contributed by atoms with Gasteiger partial charge in [0.2, 0.25) is 0 Å². The minimum absolute atomic E-state index is 0.195. The van der Waals surface area contributed by atoms with E-state index in [1.807, 2.05) is 0 Å². The number of fused-ring (bicyclic) bond motifs is 1. The van der Waals surface area contributed by atoms with Gasteiger partial charge in [0, 0.05) is 18.5 Å². The average molecular weight is 275 g/mol. The lowest BCUT2D eigenvalue weighted by Crippen LogP contribution is -2.19. The van der Waals surface area contributed by atoms with E-state index in [1.165, 1.54) is 6.07 Å². The number of imidazole rings is 1. The minimum Gasteiger partial charge on any atom is -0.330 e. The summed E-state index contributed by atoms with van der Waals surface area (Å²) in [6, 6.07) is 5.34. The molecule has 1 aliphatic carbocycles. The van der Waals surface area contributed by atoms with Crippen molar-refractivity contribution >= 4 is 11.0 Å². The van der Waals surface area contributed by atoms with Gasteiger partial charge in [-0.25, -0.2) is 9.37 Å². The van der Waals surface area contributed by atoms with Crippen LogP contribution in [0.1, 0.15) is 50.9 Å². The Morgan fingerprint density at radius 2 is 2.15 bits per heavy atom. The van der Waals surface area contributed by atoms with Crippen molar-refractivity contribution in [2.24, 2.45) is 11.7 Å². The third-order valence-corrected chi connectivity index (χ3v) is 4.00. The number of nitrogens with zero attached hydrogens (tertiary/aromatic N) is 2. The second-order valence-electron chi connectivity index (χ2n) is 6.27. The fraction of sp³-hybridized carbons (Fsp3) is 0.562. The quantitative estimate of drug-likeness (QED) is 0.906. The van der Waals surface area contributed by atoms with Gasteiger partial charge in [0.1, 0.15) is 11.6 Å². The lowest BCUT2D eigenvalue weighted by molar-refractivity contribution is 0.473. The molecular formula is C16H22FN3. The molecule has 2 N–H and O–H groups in total. The molecule has 3 nitrogen and oxygen atoms in total. The first kappa shape index (κ1) is 13.6. The van der Waals surface area contributed by atoms with Crippen molar-refractivity contribution < 1.29 is 4.39 Å². The molecule has 1 saturated carbocycles. The maximum atomic E-state index is 13.5. The van der Waals surface area contributed by atoms with Crippen molar-refractivity contribution in [2.45, 2.75) is 45.1 Å². The Bertz CT molecular complexity index is 613. The zero-order valence-electron chi connectivity index (χ0n) is 12.1. The second-order valence-corrected chi connectivity index (χ2v) is 6.27. The van der Waals surface area contributed by atoms with Gasteiger partial charge >= 0.3 is 0 Å². The maximum absolute atomic E-state index is 13.5. The molecule has 1 atom stereocenters. The molecule has 0 amide bonds. The molecule has 1 aromatic heterocycles. The average Bonchev–Trinajstić information content (AvgIpc) is 3.17. The summed E-state index contributed by atoms with van der Waals surface area (Å²) in [5.41, 5.74) is 7.77. The first-order valence-electron chi connectivity index (χ1n) is 7.47. The molecule has 1 fully saturated rings. The van der Waals surface area contributed by atoms with E-state index in [9.17, 15) is 4.39 Å². The summed E-state index contributed by atoms with van der Waals surface area (Å²) >= 11 is 0. The van der Waals surface area contributed by atoms with Crippen molar-refractivity contribution in [2.75, 3.05) is 6.54 Å². The molecule has 108 valence electrons. The summed E-state index contributed by atoms with van der Waals surface area (Å²) in [5, 5.41) is 0. The standard InChI is InChI=1S/C16H22FN3/c1-10(2)7-11(9-18)16-19-14-6-3-12(17)8-15(14)20(16)13-4-5-13/h3,6,8,10-11,13H,4-5,7,9,18H2,1-2H3. The molecule has 0 spiro atoms. The maximum Gasteiger partial charge on any atom is 0.125 e. The predicted molar refractivity (Wildman–Crippen MR) is 79.2 cm³/mol. The summed E-state index contributed by atoms with van der Waals surface area (Å²) in [6.45, 7) is 5.00. The smallest absolute Gasteiger partial charge is 0.125 e. The van der Waals surface area contributed by atoms with E-state index < -0.39 is 0 Å². The fourth-order valence-corrected chi connectivity index (χ4v) is 2.97. The number of hydrogen-bond acceptors (Lipinski definition) is 2. The molecule has 0 radical (unpaired) electrons. The molecular weight excluding hydrogens is 253 g/mol. The van der Waals surface area contributed by atoms with E-state index in [-0.39, 0.29) is 11.7 Å². The van der Waals surface area contributed by atoms with Gasteiger partial charge in [0.25, 0.3) is 0 Å². The van der Waals surface area contributed by atoms with Crippen molar-refractivity contribution in [3.63, 3.8) is 0 Å². The van der Waals surface area contributed by atoms with Crippen LogP contribution in [-0.4, -0.2) is 16.1 Å². The molecule has 4 heteroatoms. The van der Waals surface area contributed by atoms with E-state index in [4.69, 9.17) is 10.7 Å². The summed E-state index contributed by atoms with van der Waals surface area (Å²) < 4.78 is 15.8. The Morgan fingerprint density at radius 3 is 2.75 bits per heavy atom. The topological polar surface area (TPSA) is 43.8 Å². The van der Waals surface area contributed by atoms with E-state index in [0.29, 0.717) is 18.5 Å². The summed E-state index contributed by atoms with van der Waals surface area (Å²) in [7, 11) is 0. The van der Waals surface area contributed by atoms with Gasteiger partial charge in [-0.15, -0.1) is 0 Å². The Labute approximate surface area is 119 Å². The van der Waals surface area contributed by atoms with Gasteiger partial charge in [-0.2, -0.15) is 0 Å². The zero-order valence-corrected chi connectivity index (χ0v) is 12.1. The third-order valence-electron chi connectivity index (χ3n) is 4.00. The van der Waals surface area contributed by atoms with Gasteiger partial charge in [-0.05, 0) is 43.4 Å². The highest BCUT2D eigenvalue weighted by atomic mass is 19.1. The van der Waals surface area contributed by atoms with Crippen LogP contribution in [0.25, 0.3) is 11.0 Å². The monoisotopic (exact) mass is 275 g/mol. The minimum atomic E-state index is -0.195. The molecule has 3 rings (SSSR count). The highest BCUT2D eigenvalue weighted by Crippen LogP contribution is 2.41. The first-order valence-corrected chi connectivity index (χ1v) is 7.47. The fourth-order valence-electron chi connectivity index (χ4n) is 2.97. The van der Waals surface area contributed by atoms with E-state index in [0.717, 1.165) is 36.1 Å². The third kappa shape index (κ3) is 2.44. The zero-order chi connectivity index (χ0) is 14.3. The lowest BCUT2D eigenvalue weighted by atomic mass is 9.96. The van der Waals surface area contributed by atoms with Crippen LogP contribution in [-0.2, 0) is 0 Å². The molecule has 2 aromatic rings. The van der Waals surface area contributed by atoms with Crippen molar-refractivity contribution in [3.8, 4) is 0 Å². The van der Waals surface area contributed by atoms with Crippen LogP contribution in [0.2, 0.25) is 0 Å². The summed E-state index contributed by atoms with van der Waals surface area (Å²) in [4.78, 5) is 4.76. The van der Waals surface area contributed by atoms with Gasteiger partial charge in [0.05, 0.1) is 11.0 Å². The molecule has 1 heterocycles. The Balaban J connectivity index is 2.11. The Kier molecular flexibility index (Phi) is 3.50. The van der Waals surface area contributed by atoms with Gasteiger partial charge in [0.15, 0.2) is 0 Å². The summed E-state index contributed by atoms with van der Waals surface area (Å²) in [5.74, 6) is 1.68. The number of halogens is 1. The highest BCUT2D eigenvalue weighted by Gasteiger charge is 2.31. The number of benzene rings is 1. The van der Waals surface area contributed by atoms with Gasteiger partial charge in [-0.3, -0.25) is 0 Å². The molecule has 0 aliphatic heterocycles. The second kappa shape index (κ2) is 5.17. The van der Waals surface area contributed by atoms with Crippen LogP contribution >= 0.6 is 0 Å². The molecule has 20 heavy (non-hydrogen) atoms. The number of rotatable bonds is 5. The van der Waals surface area contributed by atoms with Crippen LogP contribution in [0.5, 0.6) is 0 Å². The molecule has 1 aromatic carbocycles. The van der Waals surface area contributed by atoms with E-state index in [2.05, 4.69) is 18.4 Å². The number of hydrogen-bond donors (Lipinski definition) is 1. The van der Waals surface area contributed by atoms with E-state index in [1.54, 1.807) is 12.1 Å². The van der Waals surface area contributed by atoms with Crippen molar-refractivity contribution in [1.29, 1.82) is 0 Å². The molecule has 1 unspecified atom stereocenters. The van der Waals surface area contributed by atoms with E-state index >= 15 is 0 Å². The number of nitrogens with two attached hydrogens (primary N) is 1. The largest absolute Gasteiger partial charge is 0.330 e. The van der Waals surface area contributed by atoms with Crippen LogP contribution in [0.3, 0.4) is 0 Å². The summed E-state index contributed by atoms with van der Waals surface area (Å²) in [6.07, 6.45) is 3.34. The highest BCUT2D eigenvalue weighted by molar-refractivity contribution is 5.76. The Morgan fingerprint density at radius 1 is 1.40 bits per heavy atom. The predicted octanol–water partition coefficient (Wildman–Crippen LogP) is 3.60. The number of aromatic nitrogens is 2. The normalized spacial score (nSPS) is 17.1. The Hall–Kier alpha value is -1.42. The molecule has 0 saturated heterocycles. The van der Waals surface area contributed by atoms with Crippen LogP contribution in [0.15, 0.2) is 18.2 Å².